The number of nitrogens with zero attached hydrogens (tertiary/aromatic N) is 3. The minimum Gasteiger partial charge on any atom is -0.505 e. The summed E-state index contributed by atoms with van der Waals surface area (Å²) in [5.41, 5.74) is -2.34. The highest BCUT2D eigenvalue weighted by Gasteiger charge is 2.38. The summed E-state index contributed by atoms with van der Waals surface area (Å²) in [6.45, 7) is 1.12. The van der Waals surface area contributed by atoms with Crippen LogP contribution in [-0.2, 0) is 19.6 Å². The number of carbonyl (C=O) groups excluding carboxylic acids is 1. The van der Waals surface area contributed by atoms with Crippen molar-refractivity contribution in [2.24, 2.45) is 7.05 Å². The number of benzene rings is 2. The van der Waals surface area contributed by atoms with E-state index in [-0.39, 0.29) is 39.8 Å². The Hall–Kier alpha value is -4.32. The number of alkyl halides is 3. The van der Waals surface area contributed by atoms with Crippen LogP contribution in [0.25, 0.3) is 27.7 Å². The first-order chi connectivity index (χ1) is 18.3. The lowest BCUT2D eigenvalue weighted by Crippen LogP contribution is -2.10. The summed E-state index contributed by atoms with van der Waals surface area (Å²) in [6.07, 6.45) is -3.67. The summed E-state index contributed by atoms with van der Waals surface area (Å²) >= 11 is 0. The molecule has 0 bridgehead atoms. The maximum atomic E-state index is 14.3. The molecule has 0 aliphatic carbocycles. The number of aromatic hydroxyl groups is 1. The number of hydrogen-bond acceptors (Lipinski definition) is 4. The number of ketones is 1. The van der Waals surface area contributed by atoms with Crippen LogP contribution >= 0.6 is 0 Å². The maximum absolute atomic E-state index is 14.3. The highest BCUT2D eigenvalue weighted by atomic mass is 19.4. The van der Waals surface area contributed by atoms with Crippen molar-refractivity contribution < 1.29 is 41.4 Å². The Bertz CT molecular complexity index is 1780. The molecule has 12 heteroatoms. The van der Waals surface area contributed by atoms with Crippen LogP contribution in [0.5, 0.6) is 5.75 Å². The second-order valence-electron chi connectivity index (χ2n) is 8.98. The average molecular weight is 547 g/mol. The van der Waals surface area contributed by atoms with E-state index in [1.54, 1.807) is 6.92 Å². The number of rotatable bonds is 5. The molecule has 0 saturated carbocycles. The zero-order valence-electron chi connectivity index (χ0n) is 20.4. The van der Waals surface area contributed by atoms with Crippen LogP contribution in [0.4, 0.5) is 26.3 Å². The van der Waals surface area contributed by atoms with Gasteiger partial charge in [-0.3, -0.25) is 4.79 Å². The Labute approximate surface area is 216 Å². The third kappa shape index (κ3) is 4.11. The van der Waals surface area contributed by atoms with Gasteiger partial charge < -0.3 is 19.2 Å². The van der Waals surface area contributed by atoms with Crippen LogP contribution in [0.1, 0.15) is 33.0 Å². The summed E-state index contributed by atoms with van der Waals surface area (Å²) in [5.74, 6) is -6.25. The summed E-state index contributed by atoms with van der Waals surface area (Å²) in [6, 6.07) is 5.82. The third-order valence-corrected chi connectivity index (χ3v) is 6.68. The van der Waals surface area contributed by atoms with Gasteiger partial charge in [-0.1, -0.05) is 6.07 Å². The number of aryl methyl sites for hydroxylation is 2. The van der Waals surface area contributed by atoms with Gasteiger partial charge in [-0.25, -0.2) is 18.2 Å². The van der Waals surface area contributed by atoms with E-state index in [4.69, 9.17) is 0 Å². The largest absolute Gasteiger partial charge is 0.505 e. The van der Waals surface area contributed by atoms with Gasteiger partial charge >= 0.3 is 6.18 Å². The molecule has 0 amide bonds. The second-order valence-corrected chi connectivity index (χ2v) is 8.98. The van der Waals surface area contributed by atoms with Gasteiger partial charge in [0.15, 0.2) is 23.2 Å². The molecule has 5 rings (SSSR count). The summed E-state index contributed by atoms with van der Waals surface area (Å²) < 4.78 is 86.8. The van der Waals surface area contributed by atoms with Crippen molar-refractivity contribution >= 4 is 22.3 Å². The van der Waals surface area contributed by atoms with E-state index in [0.717, 1.165) is 6.07 Å². The number of imidazole rings is 1. The number of phenolic OH excluding ortho intramolecular Hbond substituents is 1. The second kappa shape index (κ2) is 9.16. The van der Waals surface area contributed by atoms with Crippen molar-refractivity contribution in [3.8, 4) is 16.9 Å². The maximum Gasteiger partial charge on any atom is 0.417 e. The monoisotopic (exact) mass is 547 g/mol. The fraction of sp³-hybridized carbons (Fsp3) is 0.185. The predicted molar refractivity (Wildman–Crippen MR) is 129 cm³/mol. The van der Waals surface area contributed by atoms with Crippen molar-refractivity contribution in [1.82, 2.24) is 14.0 Å². The lowest BCUT2D eigenvalue weighted by atomic mass is 9.95. The van der Waals surface area contributed by atoms with Gasteiger partial charge in [-0.2, -0.15) is 13.2 Å². The molecular weight excluding hydrogens is 528 g/mol. The van der Waals surface area contributed by atoms with Crippen molar-refractivity contribution in [3.63, 3.8) is 0 Å². The molecule has 0 unspecified atom stereocenters. The molecule has 0 aliphatic heterocycles. The Morgan fingerprint density at radius 1 is 1.08 bits per heavy atom. The first-order valence-corrected chi connectivity index (χ1v) is 11.5. The molecule has 6 nitrogen and oxygen atoms in total. The van der Waals surface area contributed by atoms with Crippen molar-refractivity contribution in [2.45, 2.75) is 19.5 Å². The predicted octanol–water partition coefficient (Wildman–Crippen LogP) is 5.71. The lowest BCUT2D eigenvalue weighted by molar-refractivity contribution is -0.137. The Kier molecular flexibility index (Phi) is 6.17. The smallest absolute Gasteiger partial charge is 0.417 e. The van der Waals surface area contributed by atoms with Gasteiger partial charge in [0.2, 0.25) is 5.78 Å². The molecule has 202 valence electrons. The first-order valence-electron chi connectivity index (χ1n) is 11.5. The molecule has 0 saturated heterocycles. The number of aliphatic hydroxyl groups is 1. The number of fused-ring (bicyclic) bond motifs is 2. The number of carbonyl (C=O) groups is 1. The molecule has 2 aromatic carbocycles. The molecule has 3 aromatic heterocycles. The van der Waals surface area contributed by atoms with E-state index in [1.807, 2.05) is 0 Å². The average Bonchev–Trinajstić information content (AvgIpc) is 3.39. The Morgan fingerprint density at radius 2 is 1.74 bits per heavy atom. The van der Waals surface area contributed by atoms with Gasteiger partial charge in [0, 0.05) is 36.5 Å². The summed E-state index contributed by atoms with van der Waals surface area (Å²) in [7, 11) is 1.51. The van der Waals surface area contributed by atoms with E-state index in [1.165, 1.54) is 40.4 Å². The molecule has 39 heavy (non-hydrogen) atoms. The first kappa shape index (κ1) is 26.3. The number of hydrogen-bond donors (Lipinski definition) is 2. The molecular formula is C27H19F6N3O3. The van der Waals surface area contributed by atoms with E-state index in [2.05, 4.69) is 4.98 Å². The molecule has 0 radical (unpaired) electrons. The number of phenols is 1. The van der Waals surface area contributed by atoms with Crippen molar-refractivity contribution in [1.29, 1.82) is 0 Å². The SMILES string of the molecule is Cc1nc2c(O)c(-c3cccn4c(C(=O)c5cc(F)c(F)c(F)c5)cc(CCO)c34)c(C(F)(F)F)cc2n1C. The van der Waals surface area contributed by atoms with E-state index >= 15 is 0 Å². The minimum absolute atomic E-state index is 0.0470. The van der Waals surface area contributed by atoms with Crippen LogP contribution in [0.15, 0.2) is 42.6 Å². The van der Waals surface area contributed by atoms with Crippen LogP contribution in [0.3, 0.4) is 0 Å². The Morgan fingerprint density at radius 3 is 2.36 bits per heavy atom. The fourth-order valence-electron chi connectivity index (χ4n) is 4.78. The Balaban J connectivity index is 1.84. The van der Waals surface area contributed by atoms with Gasteiger partial charge in [0.05, 0.1) is 22.3 Å². The normalized spacial score (nSPS) is 12.1. The zero-order valence-corrected chi connectivity index (χ0v) is 20.4. The zero-order chi connectivity index (χ0) is 28.4. The quantitative estimate of drug-likeness (QED) is 0.168. The highest BCUT2D eigenvalue weighted by Crippen LogP contribution is 2.47. The van der Waals surface area contributed by atoms with Gasteiger partial charge in [0.1, 0.15) is 11.3 Å². The van der Waals surface area contributed by atoms with Crippen LogP contribution in [-0.4, -0.2) is 36.6 Å². The van der Waals surface area contributed by atoms with Gasteiger partial charge in [-0.15, -0.1) is 0 Å². The lowest BCUT2D eigenvalue weighted by Gasteiger charge is -2.17. The standard InChI is InChI=1S/C27H19F6N3O3/c1-12-34-23-19(35(12)2)11-16(27(31,32)33)21(26(23)39)15-4-3-6-36-20(10-13(5-7-37)24(15)36)25(38)14-8-17(28)22(30)18(29)9-14/h3-4,6,8-11,37,39H,5,7H2,1-2H3. The van der Waals surface area contributed by atoms with Crippen LogP contribution < -0.4 is 0 Å². The number of halogens is 6. The van der Waals surface area contributed by atoms with Crippen LogP contribution in [0, 0.1) is 24.4 Å². The minimum atomic E-state index is -4.91. The molecule has 2 N–H and O–H groups in total. The molecule has 0 aliphatic rings. The van der Waals surface area contributed by atoms with Gasteiger partial charge in [0.25, 0.3) is 0 Å². The molecule has 3 heterocycles. The van der Waals surface area contributed by atoms with Crippen molar-refractivity contribution in [2.75, 3.05) is 6.61 Å². The third-order valence-electron chi connectivity index (χ3n) is 6.68. The topological polar surface area (TPSA) is 79.8 Å². The number of aromatic nitrogens is 3. The van der Waals surface area contributed by atoms with E-state index < -0.39 is 58.5 Å². The van der Waals surface area contributed by atoms with Gasteiger partial charge in [-0.05, 0) is 49.2 Å². The van der Waals surface area contributed by atoms with E-state index in [0.29, 0.717) is 18.0 Å². The fourth-order valence-corrected chi connectivity index (χ4v) is 4.78. The molecule has 5 aromatic rings. The van der Waals surface area contributed by atoms with E-state index in [9.17, 15) is 41.4 Å². The molecule has 0 atom stereocenters. The molecule has 0 fully saturated rings. The summed E-state index contributed by atoms with van der Waals surface area (Å²) in [5, 5.41) is 20.8. The summed E-state index contributed by atoms with van der Waals surface area (Å²) in [4.78, 5) is 17.5. The highest BCUT2D eigenvalue weighted by molar-refractivity contribution is 6.10. The number of aliphatic hydroxyl groups excluding tert-OH is 1. The number of pyridine rings is 1. The van der Waals surface area contributed by atoms with Crippen LogP contribution in [0.2, 0.25) is 0 Å². The molecule has 0 spiro atoms. The van der Waals surface area contributed by atoms with Crippen molar-refractivity contribution in [3.05, 3.63) is 88.3 Å².